The Morgan fingerprint density at radius 3 is 2.79 bits per heavy atom. The number of nitrogens with two attached hydrogens (primary N) is 1. The number of nitrogen functional groups attached to an aromatic ring is 1. The lowest BCUT2D eigenvalue weighted by molar-refractivity contribution is -0.143. The first kappa shape index (κ1) is 25.7. The van der Waals surface area contributed by atoms with Gasteiger partial charge in [0, 0.05) is 31.1 Å². The monoisotopic (exact) mass is 532 g/mol. The standard InChI is InChI=1S/C26H22F2N8O3/c27-18-6-2-4-15(12-31-19-7-8-35(25(19)39)13-23(37)38)17(18)9-21-33-22-10-20(32-26(30)36(22)34-21)16-5-1-3-14(11-29)24(16)28/h1-6,10,19,31H,7-9,12-13H2,(H2,30,32)(H,37,38). The molecule has 2 aromatic heterocycles. The second-order valence-corrected chi connectivity index (χ2v) is 9.01. The third-order valence-corrected chi connectivity index (χ3v) is 6.50. The highest BCUT2D eigenvalue weighted by Gasteiger charge is 2.32. The Labute approximate surface area is 220 Å². The molecule has 198 valence electrons. The number of rotatable bonds is 8. The summed E-state index contributed by atoms with van der Waals surface area (Å²) in [6.07, 6.45) is 0.444. The molecule has 0 radical (unpaired) electrons. The SMILES string of the molecule is N#Cc1cccc(-c2cc3nc(Cc4c(F)cccc4CNC4CCN(CC(=O)O)C4=O)nn3c(N)n2)c1F. The van der Waals surface area contributed by atoms with Crippen molar-refractivity contribution in [3.8, 4) is 17.3 Å². The smallest absolute Gasteiger partial charge is 0.323 e. The van der Waals surface area contributed by atoms with Gasteiger partial charge in [0.1, 0.15) is 24.2 Å². The van der Waals surface area contributed by atoms with Crippen LogP contribution in [0.15, 0.2) is 42.5 Å². The van der Waals surface area contributed by atoms with Crippen LogP contribution >= 0.6 is 0 Å². The number of amides is 1. The molecule has 3 heterocycles. The number of nitrogens with one attached hydrogen (secondary N) is 1. The molecule has 13 heteroatoms. The van der Waals surface area contributed by atoms with E-state index in [9.17, 15) is 18.4 Å². The summed E-state index contributed by atoms with van der Waals surface area (Å²) < 4.78 is 30.9. The summed E-state index contributed by atoms with van der Waals surface area (Å²) >= 11 is 0. The van der Waals surface area contributed by atoms with Crippen molar-refractivity contribution in [3.63, 3.8) is 0 Å². The van der Waals surface area contributed by atoms with Crippen molar-refractivity contribution in [1.29, 1.82) is 5.26 Å². The molecule has 1 unspecified atom stereocenters. The summed E-state index contributed by atoms with van der Waals surface area (Å²) in [6.45, 7) is 0.129. The fourth-order valence-corrected chi connectivity index (χ4v) is 4.59. The number of halogens is 2. The summed E-state index contributed by atoms with van der Waals surface area (Å²) in [7, 11) is 0. The van der Waals surface area contributed by atoms with Gasteiger partial charge in [0.25, 0.3) is 0 Å². The minimum Gasteiger partial charge on any atom is -0.480 e. The molecule has 0 bridgehead atoms. The van der Waals surface area contributed by atoms with Gasteiger partial charge >= 0.3 is 5.97 Å². The number of carbonyl (C=O) groups excluding carboxylic acids is 1. The molecule has 0 saturated carbocycles. The maximum atomic E-state index is 14.9. The first-order chi connectivity index (χ1) is 18.7. The van der Waals surface area contributed by atoms with Gasteiger partial charge in [-0.2, -0.15) is 9.78 Å². The minimum atomic E-state index is -1.08. The Morgan fingerprint density at radius 1 is 1.23 bits per heavy atom. The Hall–Kier alpha value is -4.96. The molecule has 0 spiro atoms. The first-order valence-corrected chi connectivity index (χ1v) is 12.0. The van der Waals surface area contributed by atoms with Gasteiger partial charge in [-0.05, 0) is 35.7 Å². The van der Waals surface area contributed by atoms with E-state index in [0.29, 0.717) is 24.1 Å². The molecule has 5 rings (SSSR count). The second kappa shape index (κ2) is 10.4. The van der Waals surface area contributed by atoms with E-state index in [4.69, 9.17) is 16.1 Å². The maximum Gasteiger partial charge on any atom is 0.323 e. The van der Waals surface area contributed by atoms with Gasteiger partial charge in [-0.25, -0.2) is 18.7 Å². The van der Waals surface area contributed by atoms with Crippen LogP contribution < -0.4 is 11.1 Å². The van der Waals surface area contributed by atoms with E-state index in [-0.39, 0.29) is 59.7 Å². The van der Waals surface area contributed by atoms with Crippen LogP contribution in [0.2, 0.25) is 0 Å². The highest BCUT2D eigenvalue weighted by molar-refractivity contribution is 5.87. The number of nitriles is 1. The van der Waals surface area contributed by atoms with E-state index in [0.717, 1.165) is 0 Å². The number of benzene rings is 2. The average molecular weight is 533 g/mol. The number of carboxylic acid groups (broad SMARTS) is 1. The van der Waals surface area contributed by atoms with Crippen molar-refractivity contribution >= 4 is 23.5 Å². The lowest BCUT2D eigenvalue weighted by atomic mass is 10.0. The van der Waals surface area contributed by atoms with Gasteiger partial charge in [0.2, 0.25) is 11.9 Å². The molecule has 4 aromatic rings. The number of aliphatic carboxylic acids is 1. The zero-order valence-corrected chi connectivity index (χ0v) is 20.4. The number of hydrogen-bond donors (Lipinski definition) is 3. The second-order valence-electron chi connectivity index (χ2n) is 9.01. The molecule has 4 N–H and O–H groups in total. The normalized spacial score (nSPS) is 15.2. The van der Waals surface area contributed by atoms with E-state index >= 15 is 0 Å². The Balaban J connectivity index is 1.39. The van der Waals surface area contributed by atoms with E-state index in [2.05, 4.69) is 20.4 Å². The summed E-state index contributed by atoms with van der Waals surface area (Å²) in [5.74, 6) is -2.44. The lowest BCUT2D eigenvalue weighted by Gasteiger charge is -2.16. The lowest BCUT2D eigenvalue weighted by Crippen LogP contribution is -2.39. The number of carbonyl (C=O) groups is 2. The van der Waals surface area contributed by atoms with Gasteiger partial charge in [-0.1, -0.05) is 18.2 Å². The quantitative estimate of drug-likeness (QED) is 0.308. The minimum absolute atomic E-state index is 0.00215. The Morgan fingerprint density at radius 2 is 2.03 bits per heavy atom. The molecule has 39 heavy (non-hydrogen) atoms. The van der Waals surface area contributed by atoms with Crippen molar-refractivity contribution in [3.05, 3.63) is 76.6 Å². The molecule has 1 amide bonds. The molecule has 2 aromatic carbocycles. The van der Waals surface area contributed by atoms with Crippen LogP contribution in [0.1, 0.15) is 28.9 Å². The molecule has 1 saturated heterocycles. The predicted molar refractivity (Wildman–Crippen MR) is 134 cm³/mol. The third-order valence-electron chi connectivity index (χ3n) is 6.50. The zero-order valence-electron chi connectivity index (χ0n) is 20.4. The molecule has 1 aliphatic heterocycles. The number of fused-ring (bicyclic) bond motifs is 1. The van der Waals surface area contributed by atoms with Crippen LogP contribution in [0.5, 0.6) is 0 Å². The van der Waals surface area contributed by atoms with Gasteiger partial charge < -0.3 is 21.1 Å². The van der Waals surface area contributed by atoms with Crippen molar-refractivity contribution in [2.75, 3.05) is 18.8 Å². The molecule has 1 aliphatic rings. The number of anilines is 1. The largest absolute Gasteiger partial charge is 0.480 e. The van der Waals surface area contributed by atoms with Gasteiger partial charge in [-0.15, -0.1) is 5.10 Å². The fraction of sp³-hybridized carbons (Fsp3) is 0.231. The van der Waals surface area contributed by atoms with E-state index < -0.39 is 23.6 Å². The summed E-state index contributed by atoms with van der Waals surface area (Å²) in [5, 5.41) is 25.5. The molecular weight excluding hydrogens is 510 g/mol. The summed E-state index contributed by atoms with van der Waals surface area (Å²) in [6, 6.07) is 11.6. The zero-order chi connectivity index (χ0) is 27.7. The Bertz CT molecular complexity index is 1650. The van der Waals surface area contributed by atoms with Crippen LogP contribution in [-0.2, 0) is 22.6 Å². The average Bonchev–Trinajstić information content (AvgIpc) is 3.47. The van der Waals surface area contributed by atoms with Gasteiger partial charge in [0.15, 0.2) is 11.5 Å². The van der Waals surface area contributed by atoms with Crippen LogP contribution in [0.4, 0.5) is 14.7 Å². The van der Waals surface area contributed by atoms with Gasteiger partial charge in [-0.3, -0.25) is 9.59 Å². The molecular formula is C26H22F2N8O3. The van der Waals surface area contributed by atoms with Crippen LogP contribution in [0.25, 0.3) is 16.9 Å². The topological polar surface area (TPSA) is 163 Å². The molecule has 1 atom stereocenters. The van der Waals surface area contributed by atoms with Crippen LogP contribution in [0, 0.1) is 23.0 Å². The number of aromatic nitrogens is 4. The fourth-order valence-electron chi connectivity index (χ4n) is 4.59. The maximum absolute atomic E-state index is 14.9. The molecule has 0 aliphatic carbocycles. The van der Waals surface area contributed by atoms with E-state index in [1.165, 1.54) is 39.7 Å². The first-order valence-electron chi connectivity index (χ1n) is 12.0. The highest BCUT2D eigenvalue weighted by atomic mass is 19.1. The van der Waals surface area contributed by atoms with Crippen LogP contribution in [-0.4, -0.2) is 60.6 Å². The number of likely N-dealkylation sites (tertiary alicyclic amines) is 1. The van der Waals surface area contributed by atoms with Crippen molar-refractivity contribution < 1.29 is 23.5 Å². The van der Waals surface area contributed by atoms with Crippen molar-refractivity contribution in [2.24, 2.45) is 0 Å². The number of nitrogens with zero attached hydrogens (tertiary/aromatic N) is 6. The van der Waals surface area contributed by atoms with E-state index in [1.54, 1.807) is 18.2 Å². The Kier molecular flexibility index (Phi) is 6.86. The van der Waals surface area contributed by atoms with Crippen molar-refractivity contribution in [2.45, 2.75) is 25.4 Å². The van der Waals surface area contributed by atoms with Crippen molar-refractivity contribution in [1.82, 2.24) is 29.8 Å². The number of hydrogen-bond acceptors (Lipinski definition) is 8. The number of carboxylic acids is 1. The van der Waals surface area contributed by atoms with Gasteiger partial charge in [0.05, 0.1) is 17.3 Å². The molecule has 11 nitrogen and oxygen atoms in total. The summed E-state index contributed by atoms with van der Waals surface area (Å²) in [4.78, 5) is 33.3. The van der Waals surface area contributed by atoms with E-state index in [1.807, 2.05) is 0 Å². The third kappa shape index (κ3) is 5.10. The predicted octanol–water partition coefficient (Wildman–Crippen LogP) is 1.89. The molecule has 1 fully saturated rings. The summed E-state index contributed by atoms with van der Waals surface area (Å²) in [5.41, 5.74) is 7.34. The van der Waals surface area contributed by atoms with Crippen LogP contribution in [0.3, 0.4) is 0 Å². The highest BCUT2D eigenvalue weighted by Crippen LogP contribution is 2.26.